The average Bonchev–Trinajstić information content (AvgIpc) is 3.18. The van der Waals surface area contributed by atoms with Crippen molar-refractivity contribution >= 4 is 29.2 Å². The SMILES string of the molecule is Cc1csc(CCCCNC(=O)CN2C(=O)NC3(CCC(C(C)(C)C)CC3)C2=O)n1. The number of rotatable bonds is 7. The summed E-state index contributed by atoms with van der Waals surface area (Å²) in [7, 11) is 0. The monoisotopic (exact) mass is 434 g/mol. The van der Waals surface area contributed by atoms with E-state index in [1.807, 2.05) is 12.3 Å². The number of carbonyl (C=O) groups excluding carboxylic acids is 3. The molecule has 2 N–H and O–H groups in total. The van der Waals surface area contributed by atoms with E-state index in [1.165, 1.54) is 0 Å². The zero-order valence-corrected chi connectivity index (χ0v) is 19.4. The second kappa shape index (κ2) is 9.04. The highest BCUT2D eigenvalue weighted by Crippen LogP contribution is 2.43. The normalized spacial score (nSPS) is 24.4. The first-order valence-corrected chi connectivity index (χ1v) is 11.8. The van der Waals surface area contributed by atoms with E-state index in [0.717, 1.165) is 47.7 Å². The Morgan fingerprint density at radius 1 is 1.30 bits per heavy atom. The van der Waals surface area contributed by atoms with Crippen molar-refractivity contribution < 1.29 is 14.4 Å². The van der Waals surface area contributed by atoms with Crippen LogP contribution in [-0.4, -0.2) is 46.4 Å². The van der Waals surface area contributed by atoms with E-state index in [2.05, 4.69) is 36.4 Å². The third-order valence-corrected chi connectivity index (χ3v) is 7.44. The Hall–Kier alpha value is -1.96. The molecule has 2 heterocycles. The van der Waals surface area contributed by atoms with Gasteiger partial charge in [-0.15, -0.1) is 11.3 Å². The number of urea groups is 1. The Labute approximate surface area is 183 Å². The lowest BCUT2D eigenvalue weighted by Gasteiger charge is -2.40. The van der Waals surface area contributed by atoms with Gasteiger partial charge in [-0.3, -0.25) is 14.5 Å². The molecular weight excluding hydrogens is 400 g/mol. The molecule has 166 valence electrons. The number of nitrogens with zero attached hydrogens (tertiary/aromatic N) is 2. The summed E-state index contributed by atoms with van der Waals surface area (Å²) in [4.78, 5) is 43.2. The summed E-state index contributed by atoms with van der Waals surface area (Å²) in [5, 5.41) is 8.88. The Morgan fingerprint density at radius 2 is 2.00 bits per heavy atom. The fraction of sp³-hybridized carbons (Fsp3) is 0.727. The van der Waals surface area contributed by atoms with E-state index in [4.69, 9.17) is 0 Å². The van der Waals surface area contributed by atoms with E-state index in [9.17, 15) is 14.4 Å². The minimum atomic E-state index is -0.815. The van der Waals surface area contributed by atoms with Crippen molar-refractivity contribution in [3.8, 4) is 0 Å². The number of carbonyl (C=O) groups is 3. The highest BCUT2D eigenvalue weighted by atomic mass is 32.1. The largest absolute Gasteiger partial charge is 0.355 e. The van der Waals surface area contributed by atoms with Crippen LogP contribution in [0.2, 0.25) is 0 Å². The second-order valence-electron chi connectivity index (χ2n) is 9.73. The highest BCUT2D eigenvalue weighted by molar-refractivity contribution is 7.09. The van der Waals surface area contributed by atoms with Crippen LogP contribution in [0.25, 0.3) is 0 Å². The molecule has 1 aromatic rings. The number of aromatic nitrogens is 1. The van der Waals surface area contributed by atoms with Crippen molar-refractivity contribution in [3.05, 3.63) is 16.1 Å². The number of nitrogens with one attached hydrogen (secondary N) is 2. The van der Waals surface area contributed by atoms with Crippen molar-refractivity contribution in [3.63, 3.8) is 0 Å². The zero-order chi connectivity index (χ0) is 21.9. The molecule has 1 saturated heterocycles. The van der Waals surface area contributed by atoms with Crippen LogP contribution in [0.4, 0.5) is 4.79 Å². The van der Waals surface area contributed by atoms with Crippen LogP contribution in [0.3, 0.4) is 0 Å². The van der Waals surface area contributed by atoms with Crippen molar-refractivity contribution in [2.45, 2.75) is 78.2 Å². The van der Waals surface area contributed by atoms with Gasteiger partial charge in [0.05, 0.1) is 5.01 Å². The second-order valence-corrected chi connectivity index (χ2v) is 10.7. The molecule has 2 aliphatic rings. The van der Waals surface area contributed by atoms with Gasteiger partial charge in [-0.05, 0) is 63.2 Å². The van der Waals surface area contributed by atoms with Crippen LogP contribution in [0.15, 0.2) is 5.38 Å². The molecule has 30 heavy (non-hydrogen) atoms. The first-order chi connectivity index (χ1) is 14.1. The van der Waals surface area contributed by atoms with Crippen LogP contribution in [-0.2, 0) is 16.0 Å². The van der Waals surface area contributed by atoms with Crippen LogP contribution in [0.5, 0.6) is 0 Å². The number of imide groups is 1. The molecule has 0 radical (unpaired) electrons. The quantitative estimate of drug-likeness (QED) is 0.508. The van der Waals surface area contributed by atoms with Gasteiger partial charge in [0.25, 0.3) is 5.91 Å². The first kappa shape index (κ1) is 22.7. The number of hydrogen-bond donors (Lipinski definition) is 2. The summed E-state index contributed by atoms with van der Waals surface area (Å²) < 4.78 is 0. The maximum absolute atomic E-state index is 13.0. The Morgan fingerprint density at radius 3 is 2.60 bits per heavy atom. The minimum absolute atomic E-state index is 0.200. The van der Waals surface area contributed by atoms with Gasteiger partial charge in [0.1, 0.15) is 12.1 Å². The summed E-state index contributed by atoms with van der Waals surface area (Å²) >= 11 is 1.66. The Kier molecular flexibility index (Phi) is 6.84. The highest BCUT2D eigenvalue weighted by Gasteiger charge is 2.53. The maximum atomic E-state index is 13.0. The van der Waals surface area contributed by atoms with Gasteiger partial charge in [-0.25, -0.2) is 9.78 Å². The number of aryl methyl sites for hydroxylation is 2. The molecule has 1 saturated carbocycles. The molecule has 0 atom stereocenters. The van der Waals surface area contributed by atoms with Gasteiger partial charge in [0, 0.05) is 17.6 Å². The molecule has 1 aromatic heterocycles. The van der Waals surface area contributed by atoms with Gasteiger partial charge in [0.15, 0.2) is 0 Å². The van der Waals surface area contributed by atoms with Gasteiger partial charge in [-0.2, -0.15) is 0 Å². The summed E-state index contributed by atoms with van der Waals surface area (Å²) in [6.07, 6.45) is 5.79. The topological polar surface area (TPSA) is 91.4 Å². The molecule has 3 rings (SSSR count). The third-order valence-electron chi connectivity index (χ3n) is 6.42. The molecule has 0 bridgehead atoms. The Bertz CT molecular complexity index is 791. The Balaban J connectivity index is 1.42. The summed E-state index contributed by atoms with van der Waals surface area (Å²) in [6, 6.07) is -0.441. The summed E-state index contributed by atoms with van der Waals surface area (Å²) in [5.41, 5.74) is 0.428. The molecule has 0 aromatic carbocycles. The van der Waals surface area contributed by atoms with Crippen LogP contribution < -0.4 is 10.6 Å². The van der Waals surface area contributed by atoms with E-state index in [1.54, 1.807) is 11.3 Å². The number of thiazole rings is 1. The van der Waals surface area contributed by atoms with Crippen LogP contribution in [0, 0.1) is 18.3 Å². The lowest BCUT2D eigenvalue weighted by Crippen LogP contribution is -2.51. The molecule has 2 fully saturated rings. The molecule has 1 aliphatic heterocycles. The molecule has 8 heteroatoms. The number of amides is 4. The van der Waals surface area contributed by atoms with Crippen LogP contribution in [0.1, 0.15) is 70.0 Å². The van der Waals surface area contributed by atoms with Crippen molar-refractivity contribution in [1.29, 1.82) is 0 Å². The van der Waals surface area contributed by atoms with E-state index >= 15 is 0 Å². The average molecular weight is 435 g/mol. The van der Waals surface area contributed by atoms with Crippen molar-refractivity contribution in [2.24, 2.45) is 11.3 Å². The molecule has 1 aliphatic carbocycles. The summed E-state index contributed by atoms with van der Waals surface area (Å²) in [5.74, 6) is 0.0108. The van der Waals surface area contributed by atoms with Crippen LogP contribution >= 0.6 is 11.3 Å². The van der Waals surface area contributed by atoms with Crippen molar-refractivity contribution in [2.75, 3.05) is 13.1 Å². The van der Waals surface area contributed by atoms with Gasteiger partial charge >= 0.3 is 6.03 Å². The van der Waals surface area contributed by atoms with Gasteiger partial charge in [0.2, 0.25) is 5.91 Å². The first-order valence-electron chi connectivity index (χ1n) is 10.9. The fourth-order valence-electron chi connectivity index (χ4n) is 4.48. The summed E-state index contributed by atoms with van der Waals surface area (Å²) in [6.45, 7) is 8.97. The smallest absolute Gasteiger partial charge is 0.325 e. The molecule has 7 nitrogen and oxygen atoms in total. The number of hydrogen-bond acceptors (Lipinski definition) is 5. The molecule has 4 amide bonds. The van der Waals surface area contributed by atoms with Gasteiger partial charge in [-0.1, -0.05) is 20.8 Å². The lowest BCUT2D eigenvalue weighted by atomic mass is 9.67. The van der Waals surface area contributed by atoms with E-state index in [-0.39, 0.29) is 23.8 Å². The van der Waals surface area contributed by atoms with Gasteiger partial charge < -0.3 is 10.6 Å². The molecule has 1 spiro atoms. The predicted molar refractivity (Wildman–Crippen MR) is 117 cm³/mol. The molecule has 0 unspecified atom stereocenters. The molecular formula is C22H34N4O3S. The number of unbranched alkanes of at least 4 members (excludes halogenated alkanes) is 1. The third kappa shape index (κ3) is 5.20. The zero-order valence-electron chi connectivity index (χ0n) is 18.5. The standard InChI is InChI=1S/C22H34N4O3S/c1-15-14-30-18(24-15)7-5-6-12-23-17(27)13-26-19(28)22(25-20(26)29)10-8-16(9-11-22)21(2,3)4/h14,16H,5-13H2,1-4H3,(H,23,27)(H,25,29). The fourth-order valence-corrected chi connectivity index (χ4v) is 5.30. The lowest BCUT2D eigenvalue weighted by molar-refractivity contribution is -0.136. The minimum Gasteiger partial charge on any atom is -0.355 e. The maximum Gasteiger partial charge on any atom is 0.325 e. The van der Waals surface area contributed by atoms with Crippen molar-refractivity contribution in [1.82, 2.24) is 20.5 Å². The van der Waals surface area contributed by atoms with E-state index in [0.29, 0.717) is 25.3 Å². The van der Waals surface area contributed by atoms with E-state index < -0.39 is 11.6 Å². The predicted octanol–water partition coefficient (Wildman–Crippen LogP) is 3.42.